The minimum Gasteiger partial charge on any atom is -0.340 e. The molecule has 0 atom stereocenters. The fraction of sp³-hybridized carbons (Fsp3) is 0.333. The van der Waals surface area contributed by atoms with Crippen molar-refractivity contribution in [1.82, 2.24) is 24.5 Å². The molecular weight excluding hydrogens is 194 g/mol. The number of rotatable bonds is 3. The van der Waals surface area contributed by atoms with Gasteiger partial charge in [0.1, 0.15) is 5.69 Å². The van der Waals surface area contributed by atoms with Gasteiger partial charge in [0, 0.05) is 26.5 Å². The summed E-state index contributed by atoms with van der Waals surface area (Å²) in [5.41, 5.74) is 1.12. The summed E-state index contributed by atoms with van der Waals surface area (Å²) < 4.78 is 3.31. The normalized spacial score (nSPS) is 10.5. The van der Waals surface area contributed by atoms with Gasteiger partial charge >= 0.3 is 0 Å². The van der Waals surface area contributed by atoms with Gasteiger partial charge in [-0.2, -0.15) is 0 Å². The monoisotopic (exact) mass is 205 g/mol. The molecule has 0 aliphatic heterocycles. The van der Waals surface area contributed by atoms with E-state index in [0.717, 1.165) is 0 Å². The molecule has 15 heavy (non-hydrogen) atoms. The van der Waals surface area contributed by atoms with Crippen molar-refractivity contribution < 1.29 is 4.79 Å². The Balaban J connectivity index is 2.10. The highest BCUT2D eigenvalue weighted by Crippen LogP contribution is 2.02. The summed E-state index contributed by atoms with van der Waals surface area (Å²) in [6, 6.07) is 0. The molecule has 2 aromatic heterocycles. The van der Waals surface area contributed by atoms with Crippen molar-refractivity contribution in [3.05, 3.63) is 30.1 Å². The van der Waals surface area contributed by atoms with Crippen LogP contribution in [-0.4, -0.2) is 30.3 Å². The van der Waals surface area contributed by atoms with Gasteiger partial charge in [-0.3, -0.25) is 9.48 Å². The van der Waals surface area contributed by atoms with Gasteiger partial charge in [-0.05, 0) is 0 Å². The fourth-order valence-electron chi connectivity index (χ4n) is 1.29. The number of hydrogen-bond donors (Lipinski definition) is 0. The Morgan fingerprint density at radius 2 is 2.20 bits per heavy atom. The Kier molecular flexibility index (Phi) is 2.32. The van der Waals surface area contributed by atoms with Crippen LogP contribution in [0.4, 0.5) is 0 Å². The molecule has 0 aliphatic carbocycles. The molecule has 6 nitrogen and oxygen atoms in total. The third-order valence-corrected chi connectivity index (χ3v) is 1.98. The van der Waals surface area contributed by atoms with Gasteiger partial charge in [0.15, 0.2) is 5.78 Å². The number of ketones is 1. The maximum Gasteiger partial charge on any atom is 0.188 e. The molecule has 0 spiro atoms. The van der Waals surface area contributed by atoms with Gasteiger partial charge in [0.2, 0.25) is 0 Å². The van der Waals surface area contributed by atoms with Gasteiger partial charge < -0.3 is 4.57 Å². The van der Waals surface area contributed by atoms with Crippen LogP contribution in [-0.2, 0) is 20.5 Å². The first-order valence-corrected chi connectivity index (χ1v) is 4.51. The summed E-state index contributed by atoms with van der Waals surface area (Å²) in [6.45, 7) is 0. The molecule has 0 aliphatic rings. The van der Waals surface area contributed by atoms with Crippen LogP contribution in [0.3, 0.4) is 0 Å². The van der Waals surface area contributed by atoms with E-state index < -0.39 is 0 Å². The van der Waals surface area contributed by atoms with Gasteiger partial charge in [-0.15, -0.1) is 5.10 Å². The summed E-state index contributed by atoms with van der Waals surface area (Å²) in [6.07, 6.45) is 5.26. The van der Waals surface area contributed by atoms with Crippen molar-refractivity contribution in [2.75, 3.05) is 0 Å². The van der Waals surface area contributed by atoms with E-state index in [1.165, 1.54) is 0 Å². The fourth-order valence-corrected chi connectivity index (χ4v) is 1.29. The van der Waals surface area contributed by atoms with E-state index in [9.17, 15) is 4.79 Å². The van der Waals surface area contributed by atoms with E-state index >= 15 is 0 Å². The highest BCUT2D eigenvalue weighted by molar-refractivity contribution is 5.95. The number of hydrogen-bond acceptors (Lipinski definition) is 4. The molecule has 0 saturated carbocycles. The third-order valence-electron chi connectivity index (χ3n) is 1.98. The van der Waals surface area contributed by atoms with Gasteiger partial charge in [0.25, 0.3) is 0 Å². The predicted molar refractivity (Wildman–Crippen MR) is 52.2 cm³/mol. The first-order chi connectivity index (χ1) is 7.15. The molecule has 0 radical (unpaired) electrons. The Morgan fingerprint density at radius 3 is 2.73 bits per heavy atom. The number of carbonyl (C=O) groups excluding carboxylic acids is 1. The maximum absolute atomic E-state index is 11.7. The summed E-state index contributed by atoms with van der Waals surface area (Å²) in [5.74, 6) is -0.0453. The number of aryl methyl sites for hydroxylation is 2. The molecule has 0 N–H and O–H groups in total. The molecule has 6 heteroatoms. The van der Waals surface area contributed by atoms with E-state index in [4.69, 9.17) is 0 Å². The highest BCUT2D eigenvalue weighted by atomic mass is 16.1. The average molecular weight is 205 g/mol. The molecule has 0 aromatic carbocycles. The van der Waals surface area contributed by atoms with Crippen molar-refractivity contribution in [2.45, 2.75) is 6.42 Å². The average Bonchev–Trinajstić information content (AvgIpc) is 2.75. The van der Waals surface area contributed by atoms with Crippen LogP contribution in [0, 0.1) is 0 Å². The highest BCUT2D eigenvalue weighted by Gasteiger charge is 2.11. The topological polar surface area (TPSA) is 65.6 Å². The zero-order valence-corrected chi connectivity index (χ0v) is 8.58. The van der Waals surface area contributed by atoms with Crippen LogP contribution >= 0.6 is 0 Å². The van der Waals surface area contributed by atoms with Crippen LogP contribution in [0.5, 0.6) is 0 Å². The predicted octanol–water partition coefficient (Wildman–Crippen LogP) is -0.0260. The molecule has 2 heterocycles. The van der Waals surface area contributed by atoms with Crippen LogP contribution in [0.1, 0.15) is 16.2 Å². The van der Waals surface area contributed by atoms with Crippen LogP contribution in [0.15, 0.2) is 18.7 Å². The Labute approximate surface area is 86.5 Å². The van der Waals surface area contributed by atoms with Crippen molar-refractivity contribution >= 4 is 5.78 Å². The number of carbonyl (C=O) groups is 1. The second-order valence-corrected chi connectivity index (χ2v) is 3.41. The van der Waals surface area contributed by atoms with E-state index in [0.29, 0.717) is 11.4 Å². The van der Waals surface area contributed by atoms with Crippen molar-refractivity contribution in [2.24, 2.45) is 14.1 Å². The third kappa shape index (κ3) is 2.09. The zero-order valence-electron chi connectivity index (χ0n) is 8.58. The SMILES string of the molecule is Cn1cnc(C(=O)Cc2cn(C)nn2)c1. The number of Topliss-reactive ketones (excluding diaryl/α,β-unsaturated/α-hetero) is 1. The lowest BCUT2D eigenvalue weighted by Gasteiger charge is -1.91. The Hall–Kier alpha value is -1.98. The molecule has 0 saturated heterocycles. The summed E-state index contributed by atoms with van der Waals surface area (Å²) >= 11 is 0. The standard InChI is InChI=1S/C9H11N5O/c1-13-5-8(10-6-13)9(15)3-7-4-14(2)12-11-7/h4-6H,3H2,1-2H3. The minimum absolute atomic E-state index is 0.0453. The lowest BCUT2D eigenvalue weighted by molar-refractivity contribution is 0.0987. The molecule has 0 bridgehead atoms. The Morgan fingerprint density at radius 1 is 1.40 bits per heavy atom. The lowest BCUT2D eigenvalue weighted by Crippen LogP contribution is -2.04. The lowest BCUT2D eigenvalue weighted by atomic mass is 10.2. The molecule has 78 valence electrons. The summed E-state index contributed by atoms with van der Waals surface area (Å²) in [7, 11) is 3.59. The van der Waals surface area contributed by atoms with Crippen LogP contribution in [0.25, 0.3) is 0 Å². The second kappa shape index (κ2) is 3.64. The van der Waals surface area contributed by atoms with Gasteiger partial charge in [0.05, 0.1) is 18.4 Å². The van der Waals surface area contributed by atoms with Crippen LogP contribution in [0.2, 0.25) is 0 Å². The molecule has 2 aromatic rings. The van der Waals surface area contributed by atoms with Crippen molar-refractivity contribution in [3.8, 4) is 0 Å². The molecule has 0 unspecified atom stereocenters. The van der Waals surface area contributed by atoms with Gasteiger partial charge in [-0.1, -0.05) is 5.21 Å². The summed E-state index contributed by atoms with van der Waals surface area (Å²) in [5, 5.41) is 7.60. The molecule has 0 fully saturated rings. The smallest absolute Gasteiger partial charge is 0.188 e. The first kappa shape index (κ1) is 9.57. The van der Waals surface area contributed by atoms with Gasteiger partial charge in [-0.25, -0.2) is 4.98 Å². The molecule has 0 amide bonds. The maximum atomic E-state index is 11.7. The van der Waals surface area contributed by atoms with E-state index in [1.807, 2.05) is 7.05 Å². The van der Waals surface area contributed by atoms with Crippen molar-refractivity contribution in [1.29, 1.82) is 0 Å². The number of aromatic nitrogens is 5. The molecular formula is C9H11N5O. The quantitative estimate of drug-likeness (QED) is 0.660. The van der Waals surface area contributed by atoms with Crippen molar-refractivity contribution in [3.63, 3.8) is 0 Å². The van der Waals surface area contributed by atoms with E-state index in [2.05, 4.69) is 15.3 Å². The Bertz CT molecular complexity index is 484. The second-order valence-electron chi connectivity index (χ2n) is 3.41. The molecule has 2 rings (SSSR count). The first-order valence-electron chi connectivity index (χ1n) is 4.51. The largest absolute Gasteiger partial charge is 0.340 e. The zero-order chi connectivity index (χ0) is 10.8. The van der Waals surface area contributed by atoms with E-state index in [-0.39, 0.29) is 12.2 Å². The van der Waals surface area contributed by atoms with Crippen LogP contribution < -0.4 is 0 Å². The minimum atomic E-state index is -0.0453. The van der Waals surface area contributed by atoms with E-state index in [1.54, 1.807) is 35.0 Å². The summed E-state index contributed by atoms with van der Waals surface area (Å²) in [4.78, 5) is 15.7. The number of nitrogens with zero attached hydrogens (tertiary/aromatic N) is 5. The number of imidazole rings is 1.